The van der Waals surface area contributed by atoms with E-state index < -0.39 is 0 Å². The van der Waals surface area contributed by atoms with Crippen LogP contribution in [0.3, 0.4) is 0 Å². The second-order valence-corrected chi connectivity index (χ2v) is 5.30. The molecule has 0 aromatic heterocycles. The molecule has 2 aromatic rings. The van der Waals surface area contributed by atoms with Gasteiger partial charge in [-0.3, -0.25) is 0 Å². The molecule has 2 amide bonds. The molecule has 2 aromatic carbocycles. The van der Waals surface area contributed by atoms with E-state index in [1.807, 2.05) is 61.5 Å². The molecule has 0 fully saturated rings. The van der Waals surface area contributed by atoms with E-state index in [9.17, 15) is 4.79 Å². The summed E-state index contributed by atoms with van der Waals surface area (Å²) in [5, 5.41) is 14.9. The van der Waals surface area contributed by atoms with Gasteiger partial charge in [0.15, 0.2) is 0 Å². The van der Waals surface area contributed by atoms with Crippen molar-refractivity contribution < 1.29 is 9.90 Å². The first-order chi connectivity index (χ1) is 10.7. The van der Waals surface area contributed by atoms with Crippen LogP contribution in [0.2, 0.25) is 0 Å². The molecule has 0 heterocycles. The number of aliphatic hydroxyl groups excluding tert-OH is 1. The fourth-order valence-electron chi connectivity index (χ4n) is 2.35. The van der Waals surface area contributed by atoms with Crippen LogP contribution in [0.25, 0.3) is 0 Å². The van der Waals surface area contributed by atoms with Crippen LogP contribution < -0.4 is 10.6 Å². The monoisotopic (exact) mass is 298 g/mol. The minimum Gasteiger partial charge on any atom is -0.396 e. The molecule has 0 spiro atoms. The standard InChI is InChI=1S/C18H22N2O2/c1-14-7-5-10-16(13-14)19-18(22)20-17(11-6-12-21)15-8-3-2-4-9-15/h2-5,7-10,13,17,21H,6,11-12H2,1H3,(H2,19,20,22). The Bertz CT molecular complexity index is 599. The number of benzene rings is 2. The second-order valence-electron chi connectivity index (χ2n) is 5.30. The van der Waals surface area contributed by atoms with E-state index in [1.165, 1.54) is 0 Å². The fourth-order valence-corrected chi connectivity index (χ4v) is 2.35. The van der Waals surface area contributed by atoms with Gasteiger partial charge in [0.1, 0.15) is 0 Å². The van der Waals surface area contributed by atoms with E-state index in [0.717, 1.165) is 16.8 Å². The van der Waals surface area contributed by atoms with Crippen molar-refractivity contribution in [2.24, 2.45) is 0 Å². The van der Waals surface area contributed by atoms with Crippen LogP contribution in [0.4, 0.5) is 10.5 Å². The third-order valence-corrected chi connectivity index (χ3v) is 3.43. The van der Waals surface area contributed by atoms with Crippen molar-refractivity contribution in [3.05, 3.63) is 65.7 Å². The van der Waals surface area contributed by atoms with Crippen molar-refractivity contribution in [1.29, 1.82) is 0 Å². The Morgan fingerprint density at radius 3 is 2.59 bits per heavy atom. The SMILES string of the molecule is Cc1cccc(NC(=O)NC(CCCO)c2ccccc2)c1. The van der Waals surface area contributed by atoms with Gasteiger partial charge in [-0.05, 0) is 43.0 Å². The van der Waals surface area contributed by atoms with Gasteiger partial charge in [-0.2, -0.15) is 0 Å². The first-order valence-electron chi connectivity index (χ1n) is 7.49. The number of anilines is 1. The number of carbonyl (C=O) groups excluding carboxylic acids is 1. The van der Waals surface area contributed by atoms with Gasteiger partial charge in [-0.1, -0.05) is 42.5 Å². The highest BCUT2D eigenvalue weighted by molar-refractivity contribution is 5.89. The summed E-state index contributed by atoms with van der Waals surface area (Å²) >= 11 is 0. The summed E-state index contributed by atoms with van der Waals surface area (Å²) in [6, 6.07) is 17.1. The topological polar surface area (TPSA) is 61.4 Å². The number of hydrogen-bond donors (Lipinski definition) is 3. The van der Waals surface area contributed by atoms with Gasteiger partial charge >= 0.3 is 6.03 Å². The van der Waals surface area contributed by atoms with E-state index in [2.05, 4.69) is 10.6 Å². The molecule has 1 atom stereocenters. The number of urea groups is 1. The van der Waals surface area contributed by atoms with Gasteiger partial charge in [-0.25, -0.2) is 4.79 Å². The summed E-state index contributed by atoms with van der Waals surface area (Å²) in [5.41, 5.74) is 2.90. The zero-order chi connectivity index (χ0) is 15.8. The smallest absolute Gasteiger partial charge is 0.319 e. The van der Waals surface area contributed by atoms with Gasteiger partial charge in [-0.15, -0.1) is 0 Å². The normalized spacial score (nSPS) is 11.7. The molecule has 2 rings (SSSR count). The van der Waals surface area contributed by atoms with Crippen LogP contribution in [0, 0.1) is 6.92 Å². The van der Waals surface area contributed by atoms with E-state index >= 15 is 0 Å². The summed E-state index contributed by atoms with van der Waals surface area (Å²) in [6.07, 6.45) is 1.34. The zero-order valence-electron chi connectivity index (χ0n) is 12.8. The summed E-state index contributed by atoms with van der Waals surface area (Å²) in [6.45, 7) is 2.10. The molecule has 0 radical (unpaired) electrons. The number of aryl methyl sites for hydroxylation is 1. The number of aliphatic hydroxyl groups is 1. The van der Waals surface area contributed by atoms with Gasteiger partial charge in [0.25, 0.3) is 0 Å². The highest BCUT2D eigenvalue weighted by atomic mass is 16.3. The molecule has 0 bridgehead atoms. The number of hydrogen-bond acceptors (Lipinski definition) is 2. The van der Waals surface area contributed by atoms with Crippen molar-refractivity contribution in [3.8, 4) is 0 Å². The molecule has 0 saturated carbocycles. The van der Waals surface area contributed by atoms with E-state index in [0.29, 0.717) is 12.8 Å². The number of rotatable bonds is 6. The average molecular weight is 298 g/mol. The first kappa shape index (κ1) is 16.0. The first-order valence-corrected chi connectivity index (χ1v) is 7.49. The molecule has 0 aliphatic carbocycles. The molecule has 3 N–H and O–H groups in total. The van der Waals surface area contributed by atoms with E-state index in [-0.39, 0.29) is 18.7 Å². The minimum atomic E-state index is -0.239. The van der Waals surface area contributed by atoms with Gasteiger partial charge in [0.2, 0.25) is 0 Å². The van der Waals surface area contributed by atoms with Crippen molar-refractivity contribution >= 4 is 11.7 Å². The Kier molecular flexibility index (Phi) is 5.98. The third kappa shape index (κ3) is 4.90. The predicted octanol–water partition coefficient (Wildman–Crippen LogP) is 3.63. The fraction of sp³-hybridized carbons (Fsp3) is 0.278. The summed E-state index contributed by atoms with van der Waals surface area (Å²) < 4.78 is 0. The van der Waals surface area contributed by atoms with Gasteiger partial charge in [0, 0.05) is 12.3 Å². The lowest BCUT2D eigenvalue weighted by molar-refractivity contribution is 0.244. The van der Waals surface area contributed by atoms with Crippen molar-refractivity contribution in [1.82, 2.24) is 5.32 Å². The molecule has 4 nitrogen and oxygen atoms in total. The zero-order valence-corrected chi connectivity index (χ0v) is 12.8. The Morgan fingerprint density at radius 2 is 1.91 bits per heavy atom. The summed E-state index contributed by atoms with van der Waals surface area (Å²) in [4.78, 5) is 12.2. The molecular formula is C18H22N2O2. The third-order valence-electron chi connectivity index (χ3n) is 3.43. The predicted molar refractivity (Wildman–Crippen MR) is 88.8 cm³/mol. The van der Waals surface area contributed by atoms with E-state index in [4.69, 9.17) is 5.11 Å². The summed E-state index contributed by atoms with van der Waals surface area (Å²) in [7, 11) is 0. The molecule has 0 saturated heterocycles. The molecule has 4 heteroatoms. The van der Waals surface area contributed by atoms with E-state index in [1.54, 1.807) is 0 Å². The number of amides is 2. The Hall–Kier alpha value is -2.33. The van der Waals surface area contributed by atoms with Crippen molar-refractivity contribution in [2.75, 3.05) is 11.9 Å². The largest absolute Gasteiger partial charge is 0.396 e. The van der Waals surface area contributed by atoms with Crippen molar-refractivity contribution in [3.63, 3.8) is 0 Å². The van der Waals surface area contributed by atoms with Crippen LogP contribution in [-0.4, -0.2) is 17.7 Å². The number of nitrogens with one attached hydrogen (secondary N) is 2. The van der Waals surface area contributed by atoms with Gasteiger partial charge in [0.05, 0.1) is 6.04 Å². The van der Waals surface area contributed by atoms with Crippen LogP contribution in [-0.2, 0) is 0 Å². The lowest BCUT2D eigenvalue weighted by Crippen LogP contribution is -2.32. The molecular weight excluding hydrogens is 276 g/mol. The maximum absolute atomic E-state index is 12.2. The maximum Gasteiger partial charge on any atom is 0.319 e. The molecule has 1 unspecified atom stereocenters. The Morgan fingerprint density at radius 1 is 1.14 bits per heavy atom. The molecule has 22 heavy (non-hydrogen) atoms. The lowest BCUT2D eigenvalue weighted by Gasteiger charge is -2.19. The number of carbonyl (C=O) groups is 1. The average Bonchev–Trinajstić information content (AvgIpc) is 2.52. The quantitative estimate of drug-likeness (QED) is 0.762. The van der Waals surface area contributed by atoms with Crippen LogP contribution in [0.5, 0.6) is 0 Å². The molecule has 0 aliphatic heterocycles. The van der Waals surface area contributed by atoms with Crippen molar-refractivity contribution in [2.45, 2.75) is 25.8 Å². The highest BCUT2D eigenvalue weighted by Gasteiger charge is 2.14. The Balaban J connectivity index is 2.01. The highest BCUT2D eigenvalue weighted by Crippen LogP contribution is 2.18. The maximum atomic E-state index is 12.2. The lowest BCUT2D eigenvalue weighted by atomic mass is 10.0. The molecule has 116 valence electrons. The van der Waals surface area contributed by atoms with Crippen LogP contribution in [0.1, 0.15) is 30.0 Å². The molecule has 0 aliphatic rings. The van der Waals surface area contributed by atoms with Crippen LogP contribution >= 0.6 is 0 Å². The summed E-state index contributed by atoms with van der Waals surface area (Å²) in [5.74, 6) is 0. The van der Waals surface area contributed by atoms with Gasteiger partial charge < -0.3 is 15.7 Å². The minimum absolute atomic E-state index is 0.113. The Labute approximate surface area is 131 Å². The van der Waals surface area contributed by atoms with Crippen LogP contribution in [0.15, 0.2) is 54.6 Å². The second kappa shape index (κ2) is 8.20.